The molecule has 0 unspecified atom stereocenters. The van der Waals surface area contributed by atoms with Crippen molar-refractivity contribution in [3.05, 3.63) is 138 Å². The predicted molar refractivity (Wildman–Crippen MR) is 224 cm³/mol. The Hall–Kier alpha value is -4.15. The van der Waals surface area contributed by atoms with Crippen molar-refractivity contribution >= 4 is 35.2 Å². The summed E-state index contributed by atoms with van der Waals surface area (Å²) in [4.78, 5) is 9.48. The molecular formula is C48H52IrN2OSi-2. The molecule has 53 heavy (non-hydrogen) atoms. The largest absolute Gasteiger partial charge is 0.501 e. The number of furan rings is 1. The number of fused-ring (bicyclic) bond motifs is 3. The predicted octanol–water partition coefficient (Wildman–Crippen LogP) is 12.7. The molecule has 0 aliphatic rings. The molecule has 0 fully saturated rings. The van der Waals surface area contributed by atoms with Gasteiger partial charge in [-0.05, 0) is 64.2 Å². The molecule has 0 saturated carbocycles. The molecule has 3 aromatic heterocycles. The molecular weight excluding hydrogens is 841 g/mol. The van der Waals surface area contributed by atoms with Crippen molar-refractivity contribution in [2.24, 2.45) is 10.8 Å². The second kappa shape index (κ2) is 16.1. The van der Waals surface area contributed by atoms with E-state index in [1.165, 1.54) is 21.9 Å². The minimum atomic E-state index is -1.37. The van der Waals surface area contributed by atoms with Crippen LogP contribution in [0.25, 0.3) is 55.6 Å². The summed E-state index contributed by atoms with van der Waals surface area (Å²) in [6, 6.07) is 40.1. The van der Waals surface area contributed by atoms with Crippen molar-refractivity contribution in [3.8, 4) is 33.6 Å². The van der Waals surface area contributed by atoms with Gasteiger partial charge >= 0.3 is 0 Å². The van der Waals surface area contributed by atoms with Crippen molar-refractivity contribution in [2.45, 2.75) is 80.9 Å². The third-order valence-corrected chi connectivity index (χ3v) is 11.3. The summed E-state index contributed by atoms with van der Waals surface area (Å²) >= 11 is 0. The van der Waals surface area contributed by atoms with E-state index in [-0.39, 0.29) is 30.9 Å². The van der Waals surface area contributed by atoms with Gasteiger partial charge in [-0.15, -0.1) is 48.0 Å². The number of nitrogens with zero attached hydrogens (tertiary/aromatic N) is 2. The van der Waals surface area contributed by atoms with Crippen LogP contribution in [0.4, 0.5) is 0 Å². The van der Waals surface area contributed by atoms with Gasteiger partial charge in [-0.2, -0.15) is 0 Å². The molecule has 1 radical (unpaired) electrons. The smallest absolute Gasteiger partial charge is 0.120 e. The summed E-state index contributed by atoms with van der Waals surface area (Å²) in [7, 11) is -1.37. The van der Waals surface area contributed by atoms with Gasteiger partial charge in [0.15, 0.2) is 0 Å². The fourth-order valence-corrected chi connectivity index (χ4v) is 8.44. The van der Waals surface area contributed by atoms with Gasteiger partial charge in [-0.3, -0.25) is 0 Å². The number of aromatic nitrogens is 2. The Bertz CT molecular complexity index is 2310. The second-order valence-corrected chi connectivity index (χ2v) is 22.5. The van der Waals surface area contributed by atoms with Gasteiger partial charge < -0.3 is 14.4 Å². The Labute approximate surface area is 331 Å². The summed E-state index contributed by atoms with van der Waals surface area (Å²) in [5.41, 5.74) is 12.5. The van der Waals surface area contributed by atoms with Crippen LogP contribution in [-0.2, 0) is 32.9 Å². The van der Waals surface area contributed by atoms with Crippen LogP contribution in [0.3, 0.4) is 0 Å². The van der Waals surface area contributed by atoms with Crippen molar-refractivity contribution in [3.63, 3.8) is 0 Å². The zero-order valence-electron chi connectivity index (χ0n) is 32.9. The molecule has 0 spiro atoms. The topological polar surface area (TPSA) is 38.9 Å². The van der Waals surface area contributed by atoms with Gasteiger partial charge in [-0.25, -0.2) is 0 Å². The van der Waals surface area contributed by atoms with E-state index >= 15 is 0 Å². The molecule has 3 heterocycles. The summed E-state index contributed by atoms with van der Waals surface area (Å²) in [6.07, 6.45) is 6.18. The number of aryl methyl sites for hydroxylation is 1. The third kappa shape index (κ3) is 9.70. The van der Waals surface area contributed by atoms with E-state index in [0.717, 1.165) is 68.4 Å². The number of hydrogen-bond acceptors (Lipinski definition) is 3. The van der Waals surface area contributed by atoms with Gasteiger partial charge in [0.2, 0.25) is 0 Å². The first-order valence-electron chi connectivity index (χ1n) is 18.4. The Morgan fingerprint density at radius 3 is 1.98 bits per heavy atom. The van der Waals surface area contributed by atoms with Crippen LogP contribution in [0.5, 0.6) is 0 Å². The fraction of sp³-hybridized carbons (Fsp3) is 0.292. The fourth-order valence-electron chi connectivity index (χ4n) is 6.86. The molecule has 275 valence electrons. The average molecular weight is 893 g/mol. The SMILES string of the molecule is CC(C)(C)Cc1cc(-c2[c-]cccc2)ncc1[Si](C)(C)C.Cc1cnc(-c2[c-]cc(-c3ccccc3)c3c2oc2ccccc23)cc1CC(C)(C)C.[Ir]. The van der Waals surface area contributed by atoms with E-state index in [1.54, 1.807) is 0 Å². The van der Waals surface area contributed by atoms with E-state index in [1.807, 2.05) is 42.6 Å². The van der Waals surface area contributed by atoms with E-state index in [9.17, 15) is 0 Å². The summed E-state index contributed by atoms with van der Waals surface area (Å²) in [5, 5.41) is 3.72. The van der Waals surface area contributed by atoms with E-state index < -0.39 is 8.07 Å². The third-order valence-electron chi connectivity index (χ3n) is 9.23. The Kier molecular flexibility index (Phi) is 12.1. The van der Waals surface area contributed by atoms with Crippen molar-refractivity contribution in [1.29, 1.82) is 0 Å². The summed E-state index contributed by atoms with van der Waals surface area (Å²) < 4.78 is 6.40. The van der Waals surface area contributed by atoms with Crippen LogP contribution in [0.1, 0.15) is 58.2 Å². The van der Waals surface area contributed by atoms with Gasteiger partial charge in [0.1, 0.15) is 5.58 Å². The van der Waals surface area contributed by atoms with Crippen molar-refractivity contribution in [1.82, 2.24) is 9.97 Å². The number of pyridine rings is 2. The maximum absolute atomic E-state index is 6.40. The number of para-hydroxylation sites is 1. The first kappa shape index (κ1) is 40.0. The minimum absolute atomic E-state index is 0. The average Bonchev–Trinajstić information content (AvgIpc) is 3.48. The molecule has 0 atom stereocenters. The molecule has 4 aromatic carbocycles. The van der Waals surface area contributed by atoms with Gasteiger partial charge in [0, 0.05) is 37.9 Å². The van der Waals surface area contributed by atoms with Gasteiger partial charge in [0.25, 0.3) is 0 Å². The molecule has 0 N–H and O–H groups in total. The van der Waals surface area contributed by atoms with Crippen molar-refractivity contribution in [2.75, 3.05) is 0 Å². The molecule has 0 aliphatic carbocycles. The molecule has 0 bridgehead atoms. The monoisotopic (exact) mass is 893 g/mol. The normalized spacial score (nSPS) is 12.0. The van der Waals surface area contributed by atoms with Crippen LogP contribution in [0, 0.1) is 29.9 Å². The zero-order chi connectivity index (χ0) is 37.3. The zero-order valence-corrected chi connectivity index (χ0v) is 36.3. The van der Waals surface area contributed by atoms with Gasteiger partial charge in [-0.1, -0.05) is 150 Å². The van der Waals surface area contributed by atoms with Crippen LogP contribution < -0.4 is 5.19 Å². The van der Waals surface area contributed by atoms with Crippen LogP contribution >= 0.6 is 0 Å². The molecule has 3 nitrogen and oxygen atoms in total. The number of rotatable bonds is 6. The van der Waals surface area contributed by atoms with Crippen LogP contribution in [0.2, 0.25) is 19.6 Å². The van der Waals surface area contributed by atoms with E-state index in [0.29, 0.717) is 0 Å². The Balaban J connectivity index is 0.000000216. The van der Waals surface area contributed by atoms with E-state index in [4.69, 9.17) is 14.4 Å². The first-order chi connectivity index (χ1) is 24.6. The summed E-state index contributed by atoms with van der Waals surface area (Å²) in [5.74, 6) is 0. The summed E-state index contributed by atoms with van der Waals surface area (Å²) in [6.45, 7) is 23.0. The molecule has 0 aliphatic heterocycles. The Morgan fingerprint density at radius 2 is 1.32 bits per heavy atom. The number of benzene rings is 4. The maximum Gasteiger partial charge on any atom is 0.120 e. The second-order valence-electron chi connectivity index (χ2n) is 17.5. The number of hydrogen-bond donors (Lipinski definition) is 0. The minimum Gasteiger partial charge on any atom is -0.501 e. The van der Waals surface area contributed by atoms with Crippen LogP contribution in [-0.4, -0.2) is 18.0 Å². The van der Waals surface area contributed by atoms with Crippen molar-refractivity contribution < 1.29 is 24.5 Å². The quantitative estimate of drug-likeness (QED) is 0.123. The van der Waals surface area contributed by atoms with Gasteiger partial charge in [0.05, 0.1) is 13.7 Å². The molecule has 7 rings (SSSR count). The molecule has 7 aromatic rings. The Morgan fingerprint density at radius 1 is 0.698 bits per heavy atom. The standard InChI is InChI=1S/C29H26NO.C19H26NSi.Ir/c1-19-18-30-25(16-21(19)17-29(2,3)4)23-15-14-22(20-10-6-5-7-11-20)27-24-12-8-9-13-26(24)31-28(23)27;1-19(2,3)13-16-12-17(15-10-8-7-9-11-15)20-14-18(16)21(4,5)6;/h5-14,16,18H,17H2,1-4H3;7-10,12,14H,13H2,1-6H3;/q2*-1;. The van der Waals surface area contributed by atoms with E-state index in [2.05, 4.69) is 147 Å². The maximum atomic E-state index is 6.40. The molecule has 0 saturated heterocycles. The molecule has 0 amide bonds. The molecule has 5 heteroatoms. The first-order valence-corrected chi connectivity index (χ1v) is 21.9. The van der Waals surface area contributed by atoms with Crippen LogP contribution in [0.15, 0.2) is 114 Å².